The summed E-state index contributed by atoms with van der Waals surface area (Å²) in [6.45, 7) is 2.14. The molecule has 1 aromatic heterocycles. The van der Waals surface area contributed by atoms with Crippen LogP contribution in [0.1, 0.15) is 23.2 Å². The Morgan fingerprint density at radius 2 is 2.15 bits per heavy atom. The molecule has 0 saturated heterocycles. The van der Waals surface area contributed by atoms with Crippen LogP contribution in [0.2, 0.25) is 0 Å². The zero-order valence-electron chi connectivity index (χ0n) is 7.85. The fourth-order valence-corrected chi connectivity index (χ4v) is 2.37. The maximum atomic E-state index is 3.52. The van der Waals surface area contributed by atoms with Crippen molar-refractivity contribution in [3.8, 4) is 0 Å². The van der Waals surface area contributed by atoms with Crippen molar-refractivity contribution in [1.82, 2.24) is 4.98 Å². The van der Waals surface area contributed by atoms with Crippen LogP contribution in [0.3, 0.4) is 0 Å². The van der Waals surface area contributed by atoms with Gasteiger partial charge in [0, 0.05) is 16.6 Å². The Kier molecular flexibility index (Phi) is 1.32. The maximum absolute atomic E-state index is 3.52. The molecule has 0 spiro atoms. The number of H-pyrrole nitrogens is 1. The number of hydrogen-bond acceptors (Lipinski definition) is 0. The molecule has 1 heterocycles. The third-order valence-electron chi connectivity index (χ3n) is 3.00. The second-order valence-corrected chi connectivity index (χ2v) is 3.98. The molecular formula is C12H13N. The van der Waals surface area contributed by atoms with Crippen molar-refractivity contribution in [2.45, 2.75) is 26.2 Å². The Balaban J connectivity index is 2.38. The summed E-state index contributed by atoms with van der Waals surface area (Å²) < 4.78 is 0. The molecule has 1 aliphatic carbocycles. The van der Waals surface area contributed by atoms with Crippen molar-refractivity contribution in [2.24, 2.45) is 0 Å². The van der Waals surface area contributed by atoms with Gasteiger partial charge in [0.1, 0.15) is 0 Å². The number of hydrogen-bond donors (Lipinski definition) is 1. The van der Waals surface area contributed by atoms with E-state index in [1.165, 1.54) is 41.4 Å². The minimum atomic E-state index is 1.24. The SMILES string of the molecule is Cc1ccc2c3c([nH]c2c1)CCC3. The molecule has 1 N–H and O–H groups in total. The lowest BCUT2D eigenvalue weighted by Gasteiger charge is -1.94. The van der Waals surface area contributed by atoms with Gasteiger partial charge in [0.15, 0.2) is 0 Å². The third-order valence-corrected chi connectivity index (χ3v) is 3.00. The summed E-state index contributed by atoms with van der Waals surface area (Å²) in [5.74, 6) is 0. The van der Waals surface area contributed by atoms with Crippen LogP contribution in [-0.4, -0.2) is 4.98 Å². The average Bonchev–Trinajstić information content (AvgIpc) is 2.62. The van der Waals surface area contributed by atoms with Crippen LogP contribution < -0.4 is 0 Å². The first kappa shape index (κ1) is 7.19. The number of benzene rings is 1. The highest BCUT2D eigenvalue weighted by Crippen LogP contribution is 2.29. The molecule has 0 bridgehead atoms. The van der Waals surface area contributed by atoms with Gasteiger partial charge in [-0.2, -0.15) is 0 Å². The first-order valence-corrected chi connectivity index (χ1v) is 4.95. The normalized spacial score (nSPS) is 15.2. The molecule has 0 radical (unpaired) electrons. The lowest BCUT2D eigenvalue weighted by atomic mass is 10.1. The van der Waals surface area contributed by atoms with Crippen molar-refractivity contribution in [3.05, 3.63) is 35.0 Å². The molecule has 2 aromatic rings. The van der Waals surface area contributed by atoms with Gasteiger partial charge in [-0.3, -0.25) is 0 Å². The van der Waals surface area contributed by atoms with Gasteiger partial charge in [0.25, 0.3) is 0 Å². The van der Waals surface area contributed by atoms with Gasteiger partial charge in [-0.15, -0.1) is 0 Å². The molecular weight excluding hydrogens is 158 g/mol. The van der Waals surface area contributed by atoms with E-state index in [-0.39, 0.29) is 0 Å². The number of aromatic nitrogens is 1. The number of fused-ring (bicyclic) bond motifs is 3. The molecule has 0 fully saturated rings. The average molecular weight is 171 g/mol. The molecule has 0 unspecified atom stereocenters. The lowest BCUT2D eigenvalue weighted by Crippen LogP contribution is -1.77. The van der Waals surface area contributed by atoms with Gasteiger partial charge in [-0.1, -0.05) is 12.1 Å². The first-order valence-electron chi connectivity index (χ1n) is 4.95. The van der Waals surface area contributed by atoms with Crippen molar-refractivity contribution in [1.29, 1.82) is 0 Å². The molecule has 1 aromatic carbocycles. The van der Waals surface area contributed by atoms with Gasteiger partial charge < -0.3 is 4.98 Å². The van der Waals surface area contributed by atoms with E-state index >= 15 is 0 Å². The van der Waals surface area contributed by atoms with E-state index in [0.717, 1.165) is 0 Å². The van der Waals surface area contributed by atoms with Crippen LogP contribution in [0.4, 0.5) is 0 Å². The summed E-state index contributed by atoms with van der Waals surface area (Å²) in [6, 6.07) is 6.70. The van der Waals surface area contributed by atoms with Gasteiger partial charge in [0.05, 0.1) is 0 Å². The van der Waals surface area contributed by atoms with Gasteiger partial charge >= 0.3 is 0 Å². The molecule has 0 aliphatic heterocycles. The van der Waals surface area contributed by atoms with E-state index in [0.29, 0.717) is 0 Å². The predicted molar refractivity (Wildman–Crippen MR) is 55.1 cm³/mol. The van der Waals surface area contributed by atoms with Gasteiger partial charge in [-0.05, 0) is 43.4 Å². The molecule has 3 rings (SSSR count). The topological polar surface area (TPSA) is 15.8 Å². The van der Waals surface area contributed by atoms with Crippen LogP contribution in [0, 0.1) is 6.92 Å². The Hall–Kier alpha value is -1.24. The van der Waals surface area contributed by atoms with Crippen LogP contribution in [0.15, 0.2) is 18.2 Å². The van der Waals surface area contributed by atoms with Gasteiger partial charge in [0.2, 0.25) is 0 Å². The summed E-state index contributed by atoms with van der Waals surface area (Å²) in [5.41, 5.74) is 5.70. The number of aryl methyl sites for hydroxylation is 3. The van der Waals surface area contributed by atoms with E-state index < -0.39 is 0 Å². The maximum Gasteiger partial charge on any atom is 0.0461 e. The monoisotopic (exact) mass is 171 g/mol. The molecule has 0 atom stereocenters. The van der Waals surface area contributed by atoms with Crippen molar-refractivity contribution in [3.63, 3.8) is 0 Å². The van der Waals surface area contributed by atoms with Crippen LogP contribution in [-0.2, 0) is 12.8 Å². The fraction of sp³-hybridized carbons (Fsp3) is 0.333. The quantitative estimate of drug-likeness (QED) is 0.627. The summed E-state index contributed by atoms with van der Waals surface area (Å²) in [5, 5.41) is 1.44. The fourth-order valence-electron chi connectivity index (χ4n) is 2.37. The highest BCUT2D eigenvalue weighted by Gasteiger charge is 2.15. The van der Waals surface area contributed by atoms with Crippen molar-refractivity contribution in [2.75, 3.05) is 0 Å². The summed E-state index contributed by atoms with van der Waals surface area (Å²) >= 11 is 0. The van der Waals surface area contributed by atoms with Crippen molar-refractivity contribution >= 4 is 10.9 Å². The lowest BCUT2D eigenvalue weighted by molar-refractivity contribution is 0.899. The molecule has 1 aliphatic rings. The van der Waals surface area contributed by atoms with E-state index in [4.69, 9.17) is 0 Å². The van der Waals surface area contributed by atoms with Crippen molar-refractivity contribution < 1.29 is 0 Å². The number of nitrogens with one attached hydrogen (secondary N) is 1. The number of rotatable bonds is 0. The summed E-state index contributed by atoms with van der Waals surface area (Å²) in [7, 11) is 0. The van der Waals surface area contributed by atoms with Crippen LogP contribution in [0.25, 0.3) is 10.9 Å². The highest BCUT2D eigenvalue weighted by molar-refractivity contribution is 5.85. The Bertz CT molecular complexity index is 465. The molecule has 1 heteroatoms. The molecule has 66 valence electrons. The zero-order chi connectivity index (χ0) is 8.84. The molecule has 0 saturated carbocycles. The Labute approximate surface area is 77.8 Å². The van der Waals surface area contributed by atoms with E-state index in [1.54, 1.807) is 5.56 Å². The molecule has 1 nitrogen and oxygen atoms in total. The first-order chi connectivity index (χ1) is 6.34. The third kappa shape index (κ3) is 0.932. The summed E-state index contributed by atoms with van der Waals surface area (Å²) in [6.07, 6.45) is 3.83. The van der Waals surface area contributed by atoms with Gasteiger partial charge in [-0.25, -0.2) is 0 Å². The molecule has 0 amide bonds. The second-order valence-electron chi connectivity index (χ2n) is 3.98. The largest absolute Gasteiger partial charge is 0.358 e. The predicted octanol–water partition coefficient (Wildman–Crippen LogP) is 2.97. The van der Waals surface area contributed by atoms with Crippen LogP contribution in [0.5, 0.6) is 0 Å². The standard InChI is InChI=1S/C12H13N/c1-8-5-6-10-9-3-2-4-11(9)13-12(10)7-8/h5-7,13H,2-4H2,1H3. The van der Waals surface area contributed by atoms with E-state index in [1.807, 2.05) is 0 Å². The second kappa shape index (κ2) is 2.38. The molecule has 13 heavy (non-hydrogen) atoms. The Morgan fingerprint density at radius 1 is 1.23 bits per heavy atom. The zero-order valence-corrected chi connectivity index (χ0v) is 7.85. The summed E-state index contributed by atoms with van der Waals surface area (Å²) in [4.78, 5) is 3.52. The van der Waals surface area contributed by atoms with E-state index in [2.05, 4.69) is 30.1 Å². The minimum absolute atomic E-state index is 1.24. The smallest absolute Gasteiger partial charge is 0.0461 e. The number of aromatic amines is 1. The minimum Gasteiger partial charge on any atom is -0.358 e. The van der Waals surface area contributed by atoms with Crippen LogP contribution >= 0.6 is 0 Å². The highest BCUT2D eigenvalue weighted by atomic mass is 14.7. The Morgan fingerprint density at radius 3 is 3.08 bits per heavy atom. The van der Waals surface area contributed by atoms with E-state index in [9.17, 15) is 0 Å².